The summed E-state index contributed by atoms with van der Waals surface area (Å²) in [5.41, 5.74) is 6.08. The SMILES string of the molecule is C=CCC[C@H](N)c1ccc(F)cc1F. The van der Waals surface area contributed by atoms with Gasteiger partial charge in [0.05, 0.1) is 0 Å². The van der Waals surface area contributed by atoms with Crippen LogP contribution < -0.4 is 5.73 Å². The summed E-state index contributed by atoms with van der Waals surface area (Å²) < 4.78 is 25.7. The molecule has 0 aliphatic carbocycles. The van der Waals surface area contributed by atoms with Gasteiger partial charge in [0.15, 0.2) is 0 Å². The molecule has 0 saturated carbocycles. The molecule has 1 rings (SSSR count). The summed E-state index contributed by atoms with van der Waals surface area (Å²) in [4.78, 5) is 0. The fourth-order valence-electron chi connectivity index (χ4n) is 1.26. The molecule has 0 radical (unpaired) electrons. The first kappa shape index (κ1) is 10.9. The Bertz CT molecular complexity index is 323. The lowest BCUT2D eigenvalue weighted by molar-refractivity contribution is 0.545. The molecule has 0 aliphatic heterocycles. The first-order valence-corrected chi connectivity index (χ1v) is 4.46. The quantitative estimate of drug-likeness (QED) is 0.738. The Hall–Kier alpha value is -1.22. The van der Waals surface area contributed by atoms with Crippen LogP contribution in [0.3, 0.4) is 0 Å². The summed E-state index contributed by atoms with van der Waals surface area (Å²) in [5.74, 6) is -1.16. The zero-order chi connectivity index (χ0) is 10.6. The van der Waals surface area contributed by atoms with Crippen LogP contribution in [-0.4, -0.2) is 0 Å². The van der Waals surface area contributed by atoms with Crippen molar-refractivity contribution in [3.8, 4) is 0 Å². The molecule has 0 amide bonds. The number of nitrogens with two attached hydrogens (primary N) is 1. The van der Waals surface area contributed by atoms with Crippen molar-refractivity contribution in [2.75, 3.05) is 0 Å². The predicted octanol–water partition coefficient (Wildman–Crippen LogP) is 2.93. The molecule has 0 saturated heterocycles. The maximum Gasteiger partial charge on any atom is 0.130 e. The second kappa shape index (κ2) is 4.86. The second-order valence-electron chi connectivity index (χ2n) is 3.14. The van der Waals surface area contributed by atoms with Crippen LogP contribution >= 0.6 is 0 Å². The molecule has 76 valence electrons. The van der Waals surface area contributed by atoms with Gasteiger partial charge in [-0.25, -0.2) is 8.78 Å². The van der Waals surface area contributed by atoms with E-state index in [0.29, 0.717) is 12.0 Å². The van der Waals surface area contributed by atoms with E-state index in [1.807, 2.05) is 0 Å². The summed E-state index contributed by atoms with van der Waals surface area (Å²) in [6.45, 7) is 3.55. The van der Waals surface area contributed by atoms with Crippen LogP contribution in [0.15, 0.2) is 30.9 Å². The monoisotopic (exact) mass is 197 g/mol. The summed E-state index contributed by atoms with van der Waals surface area (Å²) in [6.07, 6.45) is 3.06. The minimum Gasteiger partial charge on any atom is -0.324 e. The Morgan fingerprint density at radius 3 is 2.71 bits per heavy atom. The van der Waals surface area contributed by atoms with Crippen LogP contribution in [0.2, 0.25) is 0 Å². The van der Waals surface area contributed by atoms with Gasteiger partial charge < -0.3 is 5.73 Å². The molecular weight excluding hydrogens is 184 g/mol. The molecule has 0 aliphatic rings. The molecule has 1 aromatic carbocycles. The number of allylic oxidation sites excluding steroid dienone is 1. The van der Waals surface area contributed by atoms with Crippen molar-refractivity contribution in [3.05, 3.63) is 48.1 Å². The van der Waals surface area contributed by atoms with Crippen LogP contribution in [-0.2, 0) is 0 Å². The summed E-state index contributed by atoms with van der Waals surface area (Å²) in [6, 6.07) is 3.06. The molecule has 0 fully saturated rings. The number of benzene rings is 1. The third-order valence-electron chi connectivity index (χ3n) is 2.04. The summed E-state index contributed by atoms with van der Waals surface area (Å²) in [5, 5.41) is 0. The van der Waals surface area contributed by atoms with Crippen molar-refractivity contribution in [2.45, 2.75) is 18.9 Å². The Morgan fingerprint density at radius 2 is 2.14 bits per heavy atom. The average Bonchev–Trinajstić information content (AvgIpc) is 2.14. The van der Waals surface area contributed by atoms with Crippen LogP contribution in [0.5, 0.6) is 0 Å². The van der Waals surface area contributed by atoms with Gasteiger partial charge in [0.1, 0.15) is 11.6 Å². The number of hydrogen-bond donors (Lipinski definition) is 1. The van der Waals surface area contributed by atoms with E-state index < -0.39 is 17.7 Å². The van der Waals surface area contributed by atoms with E-state index in [1.165, 1.54) is 12.1 Å². The molecule has 0 spiro atoms. The minimum atomic E-state index is -0.582. The van der Waals surface area contributed by atoms with Crippen LogP contribution in [0.1, 0.15) is 24.4 Å². The highest BCUT2D eigenvalue weighted by Crippen LogP contribution is 2.19. The number of hydrogen-bond acceptors (Lipinski definition) is 1. The van der Waals surface area contributed by atoms with Crippen molar-refractivity contribution in [2.24, 2.45) is 5.73 Å². The van der Waals surface area contributed by atoms with Gasteiger partial charge in [0.2, 0.25) is 0 Å². The van der Waals surface area contributed by atoms with Crippen molar-refractivity contribution < 1.29 is 8.78 Å². The largest absolute Gasteiger partial charge is 0.324 e. The van der Waals surface area contributed by atoms with E-state index in [2.05, 4.69) is 6.58 Å². The number of rotatable bonds is 4. The lowest BCUT2D eigenvalue weighted by Crippen LogP contribution is -2.11. The van der Waals surface area contributed by atoms with E-state index in [4.69, 9.17) is 5.73 Å². The highest BCUT2D eigenvalue weighted by Gasteiger charge is 2.10. The van der Waals surface area contributed by atoms with Gasteiger partial charge in [-0.2, -0.15) is 0 Å². The molecule has 3 heteroatoms. The lowest BCUT2D eigenvalue weighted by atomic mass is 10.0. The maximum absolute atomic E-state index is 13.2. The first-order valence-electron chi connectivity index (χ1n) is 4.46. The molecular formula is C11H13F2N. The van der Waals surface area contributed by atoms with Gasteiger partial charge in [0, 0.05) is 17.7 Å². The Kier molecular flexibility index (Phi) is 3.77. The maximum atomic E-state index is 13.2. The minimum absolute atomic E-state index is 0.355. The van der Waals surface area contributed by atoms with E-state index in [0.717, 1.165) is 12.5 Å². The van der Waals surface area contributed by atoms with E-state index in [9.17, 15) is 8.78 Å². The standard InChI is InChI=1S/C11H13F2N/c1-2-3-4-11(14)9-6-5-8(12)7-10(9)13/h2,5-7,11H,1,3-4,14H2/t11-/m0/s1. The molecule has 1 aromatic rings. The molecule has 1 nitrogen and oxygen atoms in total. The fraction of sp³-hybridized carbons (Fsp3) is 0.273. The lowest BCUT2D eigenvalue weighted by Gasteiger charge is -2.11. The van der Waals surface area contributed by atoms with Gasteiger partial charge in [-0.3, -0.25) is 0 Å². The van der Waals surface area contributed by atoms with Crippen molar-refractivity contribution >= 4 is 0 Å². The average molecular weight is 197 g/mol. The van der Waals surface area contributed by atoms with Gasteiger partial charge in [-0.15, -0.1) is 6.58 Å². The Morgan fingerprint density at radius 1 is 1.43 bits per heavy atom. The fourth-order valence-corrected chi connectivity index (χ4v) is 1.26. The van der Waals surface area contributed by atoms with Gasteiger partial charge in [0.25, 0.3) is 0 Å². The molecule has 1 atom stereocenters. The zero-order valence-corrected chi connectivity index (χ0v) is 7.84. The number of halogens is 2. The van der Waals surface area contributed by atoms with Crippen LogP contribution in [0.4, 0.5) is 8.78 Å². The molecule has 0 bridgehead atoms. The van der Waals surface area contributed by atoms with Gasteiger partial charge in [-0.1, -0.05) is 12.1 Å². The van der Waals surface area contributed by atoms with E-state index in [1.54, 1.807) is 6.08 Å². The first-order chi connectivity index (χ1) is 6.65. The van der Waals surface area contributed by atoms with Crippen molar-refractivity contribution in [3.63, 3.8) is 0 Å². The van der Waals surface area contributed by atoms with Crippen LogP contribution in [0.25, 0.3) is 0 Å². The molecule has 0 heterocycles. The highest BCUT2D eigenvalue weighted by atomic mass is 19.1. The topological polar surface area (TPSA) is 26.0 Å². The van der Waals surface area contributed by atoms with E-state index >= 15 is 0 Å². The van der Waals surface area contributed by atoms with E-state index in [-0.39, 0.29) is 0 Å². The molecule has 14 heavy (non-hydrogen) atoms. The van der Waals surface area contributed by atoms with Gasteiger partial charge in [-0.05, 0) is 18.9 Å². The highest BCUT2D eigenvalue weighted by molar-refractivity contribution is 5.21. The van der Waals surface area contributed by atoms with Crippen LogP contribution in [0, 0.1) is 11.6 Å². The summed E-state index contributed by atoms with van der Waals surface area (Å²) >= 11 is 0. The van der Waals surface area contributed by atoms with Gasteiger partial charge >= 0.3 is 0 Å². The van der Waals surface area contributed by atoms with Crippen molar-refractivity contribution in [1.29, 1.82) is 0 Å². The molecule has 0 unspecified atom stereocenters. The smallest absolute Gasteiger partial charge is 0.130 e. The Labute approximate surface area is 82.2 Å². The molecule has 0 aromatic heterocycles. The third kappa shape index (κ3) is 2.64. The van der Waals surface area contributed by atoms with Crippen molar-refractivity contribution in [1.82, 2.24) is 0 Å². The second-order valence-corrected chi connectivity index (χ2v) is 3.14. The molecule has 2 N–H and O–H groups in total. The normalized spacial score (nSPS) is 12.5. The zero-order valence-electron chi connectivity index (χ0n) is 7.84. The predicted molar refractivity (Wildman–Crippen MR) is 52.7 cm³/mol. The Balaban J connectivity index is 2.78. The third-order valence-corrected chi connectivity index (χ3v) is 2.04. The summed E-state index contributed by atoms with van der Waals surface area (Å²) in [7, 11) is 0.